The largest absolute Gasteiger partial charge is 0.503 e. The number of ketones is 1. The van der Waals surface area contributed by atoms with Crippen molar-refractivity contribution in [3.8, 4) is 5.75 Å². The fourth-order valence-electron chi connectivity index (χ4n) is 3.81. The smallest absolute Gasteiger partial charge is 0.290 e. The molecule has 0 bridgehead atoms. The van der Waals surface area contributed by atoms with Gasteiger partial charge in [0.1, 0.15) is 18.1 Å². The summed E-state index contributed by atoms with van der Waals surface area (Å²) in [6.45, 7) is 10.8. The highest BCUT2D eigenvalue weighted by molar-refractivity contribution is 6.14. The number of hydrogen-bond donors (Lipinski definition) is 1. The van der Waals surface area contributed by atoms with E-state index in [0.717, 1.165) is 13.1 Å². The summed E-state index contributed by atoms with van der Waals surface area (Å²) in [4.78, 5) is 29.9. The summed E-state index contributed by atoms with van der Waals surface area (Å²) in [5, 5.41) is 10.7. The second-order valence-corrected chi connectivity index (χ2v) is 7.57. The van der Waals surface area contributed by atoms with Gasteiger partial charge in [0.25, 0.3) is 5.91 Å². The Morgan fingerprint density at radius 2 is 1.97 bits per heavy atom. The molecule has 0 spiro atoms. The molecule has 0 aliphatic carbocycles. The van der Waals surface area contributed by atoms with Crippen molar-refractivity contribution in [2.45, 2.75) is 19.9 Å². The Hall–Kier alpha value is -3.58. The molecule has 0 fully saturated rings. The van der Waals surface area contributed by atoms with Gasteiger partial charge in [-0.3, -0.25) is 9.59 Å². The van der Waals surface area contributed by atoms with Gasteiger partial charge in [-0.2, -0.15) is 0 Å². The highest BCUT2D eigenvalue weighted by atomic mass is 16.5. The molecule has 1 atom stereocenters. The number of furan rings is 1. The number of nitrogens with zero attached hydrogens (tertiary/aromatic N) is 2. The lowest BCUT2D eigenvalue weighted by atomic mass is 9.95. The van der Waals surface area contributed by atoms with Gasteiger partial charge in [-0.25, -0.2) is 0 Å². The fourth-order valence-corrected chi connectivity index (χ4v) is 3.81. The van der Waals surface area contributed by atoms with Crippen LogP contribution in [0.15, 0.2) is 77.1 Å². The van der Waals surface area contributed by atoms with E-state index in [-0.39, 0.29) is 5.57 Å². The molecule has 0 radical (unpaired) electrons. The standard InChI is InChI=1S/C26H30N2O5/c1-4-17-32-21-11-9-19(10-12-21)24-23(22(29)14-13-20-8-7-18-33-20)25(30)26(31)28(24)16-15-27(5-2)6-3/h4,7-14,18,24,30H,1,5-6,15-17H2,2-3H3/b14-13+. The summed E-state index contributed by atoms with van der Waals surface area (Å²) >= 11 is 0. The van der Waals surface area contributed by atoms with E-state index in [0.29, 0.717) is 36.8 Å². The Kier molecular flexibility index (Phi) is 8.27. The second kappa shape index (κ2) is 11.3. The van der Waals surface area contributed by atoms with Gasteiger partial charge in [0.05, 0.1) is 17.9 Å². The van der Waals surface area contributed by atoms with Crippen molar-refractivity contribution in [1.82, 2.24) is 9.80 Å². The number of carbonyl (C=O) groups excluding carboxylic acids is 2. The van der Waals surface area contributed by atoms with Gasteiger partial charge in [-0.15, -0.1) is 0 Å². The Balaban J connectivity index is 1.93. The van der Waals surface area contributed by atoms with Crippen LogP contribution in [-0.4, -0.2) is 59.4 Å². The van der Waals surface area contributed by atoms with E-state index in [1.165, 1.54) is 18.4 Å². The molecule has 7 heteroatoms. The van der Waals surface area contributed by atoms with Crippen molar-refractivity contribution in [1.29, 1.82) is 0 Å². The Bertz CT molecular complexity index is 1020. The highest BCUT2D eigenvalue weighted by Crippen LogP contribution is 2.38. The molecule has 1 aromatic heterocycles. The summed E-state index contributed by atoms with van der Waals surface area (Å²) in [7, 11) is 0. The summed E-state index contributed by atoms with van der Waals surface area (Å²) in [5.41, 5.74) is 0.773. The van der Waals surface area contributed by atoms with Crippen molar-refractivity contribution in [3.63, 3.8) is 0 Å². The zero-order valence-corrected chi connectivity index (χ0v) is 19.1. The van der Waals surface area contributed by atoms with E-state index in [1.807, 2.05) is 12.1 Å². The number of carbonyl (C=O) groups is 2. The molecular formula is C26H30N2O5. The number of amides is 1. The van der Waals surface area contributed by atoms with Gasteiger partial charge in [0, 0.05) is 13.1 Å². The number of ether oxygens (including phenoxy) is 1. The molecule has 1 amide bonds. The number of allylic oxidation sites excluding steroid dienone is 1. The van der Waals surface area contributed by atoms with E-state index in [4.69, 9.17) is 9.15 Å². The summed E-state index contributed by atoms with van der Waals surface area (Å²) in [6, 6.07) is 9.91. The molecule has 0 saturated heterocycles. The lowest BCUT2D eigenvalue weighted by molar-refractivity contribution is -0.129. The normalized spacial score (nSPS) is 16.3. The average Bonchev–Trinajstić information content (AvgIpc) is 3.44. The predicted molar refractivity (Wildman–Crippen MR) is 127 cm³/mol. The summed E-state index contributed by atoms with van der Waals surface area (Å²) in [6.07, 6.45) is 6.00. The molecule has 3 rings (SSSR count). The molecule has 2 heterocycles. The first kappa shape index (κ1) is 24.1. The van der Waals surface area contributed by atoms with Crippen molar-refractivity contribution in [2.24, 2.45) is 0 Å². The molecule has 1 N–H and O–H groups in total. The molecule has 0 saturated carbocycles. The SMILES string of the molecule is C=CCOc1ccc(C2C(C(=O)/C=C/c3ccco3)=C(O)C(=O)N2CCN(CC)CC)cc1. The van der Waals surface area contributed by atoms with Crippen LogP contribution < -0.4 is 4.74 Å². The van der Waals surface area contributed by atoms with Gasteiger partial charge >= 0.3 is 0 Å². The maximum absolute atomic E-state index is 13.1. The zero-order chi connectivity index (χ0) is 23.8. The van der Waals surface area contributed by atoms with Crippen LogP contribution in [0.25, 0.3) is 6.08 Å². The van der Waals surface area contributed by atoms with Crippen molar-refractivity contribution in [2.75, 3.05) is 32.8 Å². The van der Waals surface area contributed by atoms with Gasteiger partial charge in [-0.1, -0.05) is 38.6 Å². The van der Waals surface area contributed by atoms with Crippen LogP contribution in [0.1, 0.15) is 31.2 Å². The first-order valence-corrected chi connectivity index (χ1v) is 11.1. The summed E-state index contributed by atoms with van der Waals surface area (Å²) < 4.78 is 10.8. The molecule has 1 aromatic carbocycles. The first-order chi connectivity index (χ1) is 16.0. The number of aliphatic hydroxyl groups is 1. The number of rotatable bonds is 12. The molecule has 1 unspecified atom stereocenters. The topological polar surface area (TPSA) is 83.2 Å². The number of aliphatic hydroxyl groups excluding tert-OH is 1. The minimum Gasteiger partial charge on any atom is -0.503 e. The third-order valence-corrected chi connectivity index (χ3v) is 5.63. The molecule has 1 aliphatic heterocycles. The van der Waals surface area contributed by atoms with E-state index >= 15 is 0 Å². The Labute approximate surface area is 194 Å². The highest BCUT2D eigenvalue weighted by Gasteiger charge is 2.42. The van der Waals surface area contributed by atoms with Gasteiger partial charge in [0.2, 0.25) is 0 Å². The van der Waals surface area contributed by atoms with Crippen molar-refractivity contribution in [3.05, 3.63) is 84.0 Å². The third kappa shape index (κ3) is 5.62. The van der Waals surface area contributed by atoms with Crippen LogP contribution in [-0.2, 0) is 9.59 Å². The quantitative estimate of drug-likeness (QED) is 0.386. The molecule has 33 heavy (non-hydrogen) atoms. The monoisotopic (exact) mass is 450 g/mol. The van der Waals surface area contributed by atoms with Crippen LogP contribution in [0.4, 0.5) is 0 Å². The van der Waals surface area contributed by atoms with Crippen LogP contribution in [0.5, 0.6) is 5.75 Å². The average molecular weight is 451 g/mol. The van der Waals surface area contributed by atoms with Crippen LogP contribution in [0.3, 0.4) is 0 Å². The zero-order valence-electron chi connectivity index (χ0n) is 19.1. The second-order valence-electron chi connectivity index (χ2n) is 7.57. The fraction of sp³-hybridized carbons (Fsp3) is 0.308. The van der Waals surface area contributed by atoms with E-state index < -0.39 is 23.5 Å². The van der Waals surface area contributed by atoms with Gasteiger partial charge < -0.3 is 24.1 Å². The van der Waals surface area contributed by atoms with Crippen LogP contribution >= 0.6 is 0 Å². The predicted octanol–water partition coefficient (Wildman–Crippen LogP) is 4.16. The molecule has 1 aliphatic rings. The maximum Gasteiger partial charge on any atom is 0.290 e. The first-order valence-electron chi connectivity index (χ1n) is 11.1. The third-order valence-electron chi connectivity index (χ3n) is 5.63. The molecular weight excluding hydrogens is 420 g/mol. The minimum absolute atomic E-state index is 0.0575. The van der Waals surface area contributed by atoms with Gasteiger partial charge in [0.15, 0.2) is 11.5 Å². The lowest BCUT2D eigenvalue weighted by Crippen LogP contribution is -2.38. The molecule has 7 nitrogen and oxygen atoms in total. The van der Waals surface area contributed by atoms with Crippen molar-refractivity contribution >= 4 is 17.8 Å². The number of likely N-dealkylation sites (N-methyl/N-ethyl adjacent to an activating group) is 1. The molecule has 2 aromatic rings. The van der Waals surface area contributed by atoms with Crippen LogP contribution in [0.2, 0.25) is 0 Å². The summed E-state index contributed by atoms with van der Waals surface area (Å²) in [5.74, 6) is -0.350. The molecule has 174 valence electrons. The van der Waals surface area contributed by atoms with E-state index in [2.05, 4.69) is 25.3 Å². The van der Waals surface area contributed by atoms with E-state index in [9.17, 15) is 14.7 Å². The van der Waals surface area contributed by atoms with Crippen molar-refractivity contribution < 1.29 is 23.8 Å². The Morgan fingerprint density at radius 3 is 2.58 bits per heavy atom. The van der Waals surface area contributed by atoms with Gasteiger partial charge in [-0.05, 0) is 55.1 Å². The van der Waals surface area contributed by atoms with E-state index in [1.54, 1.807) is 35.2 Å². The number of hydrogen-bond acceptors (Lipinski definition) is 6. The Morgan fingerprint density at radius 1 is 1.24 bits per heavy atom. The number of benzene rings is 1. The lowest BCUT2D eigenvalue weighted by Gasteiger charge is -2.29. The minimum atomic E-state index is -0.699. The maximum atomic E-state index is 13.1. The van der Waals surface area contributed by atoms with Crippen LogP contribution in [0, 0.1) is 0 Å².